The average Bonchev–Trinajstić information content (AvgIpc) is 3.42. The number of phenolic OH excluding ortho intramolecular Hbond substituents is 1. The molecule has 1 heterocycles. The van der Waals surface area contributed by atoms with Gasteiger partial charge in [-0.05, 0) is 83.0 Å². The van der Waals surface area contributed by atoms with Gasteiger partial charge in [0.15, 0.2) is 11.4 Å². The van der Waals surface area contributed by atoms with Crippen LogP contribution >= 0.6 is 0 Å². The fourth-order valence-electron chi connectivity index (χ4n) is 7.73. The molecule has 1 saturated carbocycles. The number of hydrogen-bond donors (Lipinski definition) is 5. The summed E-state index contributed by atoms with van der Waals surface area (Å²) in [5, 5.41) is 45.6. The van der Waals surface area contributed by atoms with E-state index in [4.69, 9.17) is 5.73 Å². The third kappa shape index (κ3) is 4.90. The Morgan fingerprint density at radius 2 is 1.74 bits per heavy atom. The zero-order chi connectivity index (χ0) is 31.5. The monoisotopic (exact) mass is 597 g/mol. The number of likely N-dealkylation sites (N-methyl/N-ethyl adjacent to an activating group) is 2. The molecule has 234 valence electrons. The average molecular weight is 598 g/mol. The lowest BCUT2D eigenvalue weighted by Crippen LogP contribution is -2.65. The van der Waals surface area contributed by atoms with E-state index in [1.807, 2.05) is 26.0 Å². The molecule has 0 bridgehead atoms. The van der Waals surface area contributed by atoms with Crippen molar-refractivity contribution in [1.82, 2.24) is 14.7 Å². The first-order chi connectivity index (χ1) is 20.2. The molecule has 12 nitrogen and oxygen atoms in total. The summed E-state index contributed by atoms with van der Waals surface area (Å²) in [4.78, 5) is 47.6. The highest BCUT2D eigenvalue weighted by Gasteiger charge is 2.64. The van der Waals surface area contributed by atoms with Gasteiger partial charge in [-0.15, -0.1) is 0 Å². The van der Waals surface area contributed by atoms with E-state index in [0.29, 0.717) is 12.1 Å². The Hall–Kier alpha value is -3.45. The Balaban J connectivity index is 1.59. The van der Waals surface area contributed by atoms with Crippen LogP contribution in [0.4, 0.5) is 5.69 Å². The van der Waals surface area contributed by atoms with Crippen molar-refractivity contribution >= 4 is 28.9 Å². The topological polar surface area (TPSA) is 171 Å². The highest BCUT2D eigenvalue weighted by Crippen LogP contribution is 2.54. The molecule has 6 N–H and O–H groups in total. The number of aliphatic hydroxyl groups excluding tert-OH is 2. The van der Waals surface area contributed by atoms with Crippen molar-refractivity contribution in [2.75, 3.05) is 66.3 Å². The lowest BCUT2D eigenvalue weighted by molar-refractivity contribution is -0.153. The summed E-state index contributed by atoms with van der Waals surface area (Å²) in [6, 6.07) is 0.488. The summed E-state index contributed by atoms with van der Waals surface area (Å²) in [5.74, 6) is -6.53. The molecule has 1 aliphatic heterocycles. The molecule has 43 heavy (non-hydrogen) atoms. The predicted molar refractivity (Wildman–Crippen MR) is 161 cm³/mol. The lowest BCUT2D eigenvalue weighted by Gasteiger charge is -2.50. The number of benzene rings is 1. The summed E-state index contributed by atoms with van der Waals surface area (Å²) < 4.78 is 0. The minimum Gasteiger partial charge on any atom is -0.508 e. The molecule has 1 amide bonds. The van der Waals surface area contributed by atoms with E-state index in [2.05, 4.69) is 9.80 Å². The fraction of sp³-hybridized carbons (Fsp3) is 0.581. The second-order valence-electron chi connectivity index (χ2n) is 12.9. The van der Waals surface area contributed by atoms with Crippen LogP contribution in [0.2, 0.25) is 0 Å². The van der Waals surface area contributed by atoms with Gasteiger partial charge in [0.25, 0.3) is 5.91 Å². The summed E-state index contributed by atoms with van der Waals surface area (Å²) in [5.41, 5.74) is 4.23. The van der Waals surface area contributed by atoms with Crippen molar-refractivity contribution < 1.29 is 34.8 Å². The number of aliphatic hydroxyl groups is 3. The van der Waals surface area contributed by atoms with Crippen LogP contribution in [0.1, 0.15) is 36.0 Å². The van der Waals surface area contributed by atoms with Gasteiger partial charge in [0.2, 0.25) is 5.78 Å². The minimum atomic E-state index is -2.65. The molecular formula is C31H43N5O7. The molecule has 1 aromatic carbocycles. The van der Waals surface area contributed by atoms with Gasteiger partial charge in [-0.1, -0.05) is 0 Å². The quantitative estimate of drug-likeness (QED) is 0.265. The minimum absolute atomic E-state index is 0.0549. The number of ketones is 2. The maximum atomic E-state index is 14.1. The van der Waals surface area contributed by atoms with Gasteiger partial charge >= 0.3 is 0 Å². The van der Waals surface area contributed by atoms with Crippen molar-refractivity contribution in [2.24, 2.45) is 17.6 Å². The third-order valence-electron chi connectivity index (χ3n) is 9.66. The summed E-state index contributed by atoms with van der Waals surface area (Å²) in [6.07, 6.45) is 2.75. The van der Waals surface area contributed by atoms with Crippen LogP contribution < -0.4 is 10.6 Å². The molecule has 5 rings (SSSR count). The van der Waals surface area contributed by atoms with Crippen molar-refractivity contribution in [3.8, 4) is 5.75 Å². The van der Waals surface area contributed by atoms with Crippen molar-refractivity contribution in [2.45, 2.75) is 43.9 Å². The standard InChI is InChI=1S/C31H43N5O7/c1-33(2)24-17(15-35(5)10-11-36-8-6-7-9-36)14-20(37)22-18(24)12-16-13-19-25(34(3)4)27(39)23(30(32)42)29(41)31(19,43)28(40)21(16)26(22)38/h14,16,19,25,37-38,41,43H,6-13,15H2,1-5H3,(H2,32,42)/t16-,19-,25-,31-/m0/s1. The molecule has 3 aliphatic carbocycles. The Morgan fingerprint density at radius 1 is 1.09 bits per heavy atom. The number of nitrogens with zero attached hydrogens (tertiary/aromatic N) is 4. The number of aromatic hydroxyl groups is 1. The summed E-state index contributed by atoms with van der Waals surface area (Å²) in [6.45, 7) is 4.58. The maximum absolute atomic E-state index is 14.1. The van der Waals surface area contributed by atoms with Crippen LogP contribution in [-0.2, 0) is 27.3 Å². The largest absolute Gasteiger partial charge is 0.508 e. The molecule has 0 radical (unpaired) electrons. The smallest absolute Gasteiger partial charge is 0.255 e. The van der Waals surface area contributed by atoms with Crippen LogP contribution in [0.25, 0.3) is 5.76 Å². The van der Waals surface area contributed by atoms with Gasteiger partial charge in [0, 0.05) is 50.9 Å². The maximum Gasteiger partial charge on any atom is 0.255 e. The molecule has 0 spiro atoms. The zero-order valence-electron chi connectivity index (χ0n) is 25.6. The number of fused-ring (bicyclic) bond motifs is 3. The van der Waals surface area contributed by atoms with Gasteiger partial charge in [-0.2, -0.15) is 0 Å². The molecule has 12 heteroatoms. The highest BCUT2D eigenvalue weighted by molar-refractivity contribution is 6.24. The molecular weight excluding hydrogens is 554 g/mol. The first kappa shape index (κ1) is 31.0. The number of rotatable bonds is 8. The van der Waals surface area contributed by atoms with E-state index < -0.39 is 58.0 Å². The predicted octanol–water partition coefficient (Wildman–Crippen LogP) is 0.558. The van der Waals surface area contributed by atoms with E-state index in [1.165, 1.54) is 17.7 Å². The van der Waals surface area contributed by atoms with E-state index >= 15 is 0 Å². The van der Waals surface area contributed by atoms with Gasteiger partial charge < -0.3 is 40.9 Å². The molecule has 0 unspecified atom stereocenters. The fourth-order valence-corrected chi connectivity index (χ4v) is 7.73. The van der Waals surface area contributed by atoms with Crippen LogP contribution in [-0.4, -0.2) is 126 Å². The van der Waals surface area contributed by atoms with Crippen LogP contribution in [0.3, 0.4) is 0 Å². The van der Waals surface area contributed by atoms with Crippen LogP contribution in [0, 0.1) is 11.8 Å². The Kier molecular flexibility index (Phi) is 8.10. The van der Waals surface area contributed by atoms with E-state index in [-0.39, 0.29) is 29.7 Å². The Bertz CT molecular complexity index is 1430. The SMILES string of the molecule is CN(CCN1CCCC1)Cc1cc(O)c2c(c1N(C)C)C[C@H]1C[C@H]3[C@H](N(C)C)C(=O)C(C(N)=O)=C(O)[C@@]3(O)C(=O)C1=C2O. The Labute approximate surface area is 251 Å². The van der Waals surface area contributed by atoms with Crippen LogP contribution in [0.15, 0.2) is 23.0 Å². The lowest BCUT2D eigenvalue weighted by atomic mass is 9.57. The number of likely N-dealkylation sites (tertiary alicyclic amines) is 1. The molecule has 4 atom stereocenters. The Morgan fingerprint density at radius 3 is 2.33 bits per heavy atom. The number of hydrogen-bond acceptors (Lipinski definition) is 11. The van der Waals surface area contributed by atoms with Crippen LogP contribution in [0.5, 0.6) is 5.75 Å². The van der Waals surface area contributed by atoms with E-state index in [1.54, 1.807) is 20.2 Å². The van der Waals surface area contributed by atoms with Gasteiger partial charge in [0.1, 0.15) is 22.8 Å². The second-order valence-corrected chi connectivity index (χ2v) is 12.9. The second kappa shape index (κ2) is 11.2. The first-order valence-electron chi connectivity index (χ1n) is 14.8. The third-order valence-corrected chi connectivity index (χ3v) is 9.66. The number of primary amides is 1. The van der Waals surface area contributed by atoms with Gasteiger partial charge in [-0.3, -0.25) is 19.3 Å². The summed E-state index contributed by atoms with van der Waals surface area (Å²) >= 11 is 0. The normalized spacial score (nSPS) is 27.6. The number of Topliss-reactive ketones (excluding diaryl/α,β-unsaturated/α-hetero) is 2. The summed E-state index contributed by atoms with van der Waals surface area (Å²) in [7, 11) is 8.98. The van der Waals surface area contributed by atoms with Crippen molar-refractivity contribution in [3.63, 3.8) is 0 Å². The number of phenols is 1. The number of anilines is 1. The first-order valence-corrected chi connectivity index (χ1v) is 14.8. The van der Waals surface area contributed by atoms with E-state index in [0.717, 1.165) is 37.4 Å². The zero-order valence-corrected chi connectivity index (χ0v) is 25.6. The van der Waals surface area contributed by atoms with Gasteiger partial charge in [0.05, 0.1) is 11.6 Å². The van der Waals surface area contributed by atoms with Crippen molar-refractivity contribution in [1.29, 1.82) is 0 Å². The molecule has 1 saturated heterocycles. The number of carbonyl (C=O) groups excluding carboxylic acids is 3. The van der Waals surface area contributed by atoms with E-state index in [9.17, 15) is 34.8 Å². The molecule has 0 aromatic heterocycles. The molecule has 1 aromatic rings. The highest BCUT2D eigenvalue weighted by atomic mass is 16.3. The molecule has 4 aliphatic rings. The molecule has 2 fully saturated rings. The van der Waals surface area contributed by atoms with Gasteiger partial charge in [-0.25, -0.2) is 0 Å². The number of carbonyl (C=O) groups is 3. The van der Waals surface area contributed by atoms with Crippen molar-refractivity contribution in [3.05, 3.63) is 39.7 Å². The number of nitrogens with two attached hydrogens (primary N) is 1. The number of amides is 1.